The average molecular weight is 312 g/mol. The molecular formula is C12H18LiO5PS. The first-order chi connectivity index (χ1) is 8.88. The van der Waals surface area contributed by atoms with Crippen molar-refractivity contribution in [1.82, 2.24) is 0 Å². The largest absolute Gasteiger partial charge is 1.00 e. The Balaban J connectivity index is 0.00000361. The minimum absolute atomic E-state index is 0. The predicted molar refractivity (Wildman–Crippen MR) is 73.4 cm³/mol. The van der Waals surface area contributed by atoms with Crippen LogP contribution in [-0.4, -0.2) is 21.6 Å². The van der Waals surface area contributed by atoms with Crippen LogP contribution < -0.4 is 18.9 Å². The first kappa shape index (κ1) is 19.9. The molecule has 1 aromatic rings. The van der Waals surface area contributed by atoms with Crippen molar-refractivity contribution in [3.8, 4) is 0 Å². The van der Waals surface area contributed by atoms with Crippen molar-refractivity contribution in [2.24, 2.45) is 0 Å². The maximum atomic E-state index is 12.5. The number of sulfone groups is 1. The summed E-state index contributed by atoms with van der Waals surface area (Å²) in [6.07, 6.45) is 0. The smallest absolute Gasteiger partial charge is 0.331 e. The molecular weight excluding hydrogens is 294 g/mol. The molecule has 0 aromatic heterocycles. The van der Waals surface area contributed by atoms with Gasteiger partial charge in [0, 0.05) is 4.90 Å². The zero-order chi connectivity index (χ0) is 14.5. The molecule has 0 fully saturated rings. The summed E-state index contributed by atoms with van der Waals surface area (Å²) >= 11 is 0. The molecule has 0 aliphatic rings. The van der Waals surface area contributed by atoms with Crippen molar-refractivity contribution in [2.45, 2.75) is 25.7 Å². The van der Waals surface area contributed by atoms with E-state index in [1.54, 1.807) is 32.0 Å². The van der Waals surface area contributed by atoms with E-state index < -0.39 is 17.4 Å². The van der Waals surface area contributed by atoms with Gasteiger partial charge >= 0.3 is 18.9 Å². The second kappa shape index (κ2) is 8.38. The molecule has 20 heavy (non-hydrogen) atoms. The van der Waals surface area contributed by atoms with Gasteiger partial charge in [-0.25, -0.2) is 0 Å². The Bertz CT molecular complexity index is 536. The fraction of sp³-hybridized carbons (Fsp3) is 0.417. The Morgan fingerprint density at radius 1 is 1.10 bits per heavy atom. The molecule has 0 N–H and O–H groups in total. The van der Waals surface area contributed by atoms with Crippen LogP contribution >= 0.6 is 7.60 Å². The Kier molecular flexibility index (Phi) is 8.35. The van der Waals surface area contributed by atoms with Gasteiger partial charge in [0.05, 0.1) is 23.1 Å². The van der Waals surface area contributed by atoms with Gasteiger partial charge in [0.2, 0.25) is 7.60 Å². The molecule has 1 aromatic carbocycles. The van der Waals surface area contributed by atoms with Crippen molar-refractivity contribution in [1.29, 1.82) is 0 Å². The molecule has 0 atom stereocenters. The molecule has 0 amide bonds. The van der Waals surface area contributed by atoms with Crippen LogP contribution in [0.3, 0.4) is 0 Å². The third kappa shape index (κ3) is 4.46. The minimum Gasteiger partial charge on any atom is -0.331 e. The molecule has 0 heterocycles. The van der Waals surface area contributed by atoms with Crippen molar-refractivity contribution in [3.05, 3.63) is 35.3 Å². The third-order valence-electron chi connectivity index (χ3n) is 2.43. The van der Waals surface area contributed by atoms with E-state index in [0.29, 0.717) is 0 Å². The van der Waals surface area contributed by atoms with E-state index in [1.165, 1.54) is 19.1 Å². The Labute approximate surface area is 132 Å². The topological polar surface area (TPSA) is 69.7 Å². The summed E-state index contributed by atoms with van der Waals surface area (Å²) in [4.78, 5) is -0.206. The minimum atomic E-state index is -3.84. The zero-order valence-corrected chi connectivity index (χ0v) is 13.9. The van der Waals surface area contributed by atoms with Crippen molar-refractivity contribution in [2.75, 3.05) is 13.2 Å². The van der Waals surface area contributed by atoms with Gasteiger partial charge in [-0.05, 0) is 26.0 Å². The van der Waals surface area contributed by atoms with E-state index in [4.69, 9.17) is 9.05 Å². The van der Waals surface area contributed by atoms with Crippen LogP contribution in [0.2, 0.25) is 0 Å². The van der Waals surface area contributed by atoms with Crippen molar-refractivity contribution in [3.63, 3.8) is 0 Å². The van der Waals surface area contributed by atoms with Gasteiger partial charge in [-0.15, -0.1) is 0 Å². The SMILES string of the molecule is CCOP(=O)(OCC)[C-](C)S(=O)(=O)c1ccccc1.[Li+]. The fourth-order valence-corrected chi connectivity index (χ4v) is 5.26. The maximum Gasteiger partial charge on any atom is 1.00 e. The first-order valence-corrected chi connectivity index (χ1v) is 8.94. The Morgan fingerprint density at radius 2 is 1.55 bits per heavy atom. The summed E-state index contributed by atoms with van der Waals surface area (Å²) < 4.78 is 47.3. The van der Waals surface area contributed by atoms with Crippen LogP contribution in [0.1, 0.15) is 20.8 Å². The number of hydrogen-bond acceptors (Lipinski definition) is 5. The molecule has 0 radical (unpaired) electrons. The summed E-state index contributed by atoms with van der Waals surface area (Å²) in [6, 6.07) is 7.81. The molecule has 0 saturated heterocycles. The van der Waals surface area contributed by atoms with Crippen LogP contribution in [0.25, 0.3) is 0 Å². The van der Waals surface area contributed by atoms with Gasteiger partial charge in [0.15, 0.2) is 0 Å². The van der Waals surface area contributed by atoms with Gasteiger partial charge in [-0.2, -0.15) is 6.92 Å². The Hall–Kier alpha value is -0.0826. The predicted octanol–water partition coefficient (Wildman–Crippen LogP) is 0.240. The van der Waals surface area contributed by atoms with E-state index in [0.717, 1.165) is 0 Å². The van der Waals surface area contributed by atoms with Crippen LogP contribution in [0.15, 0.2) is 35.2 Å². The molecule has 0 unspecified atom stereocenters. The second-order valence-electron chi connectivity index (χ2n) is 3.67. The molecule has 5 nitrogen and oxygen atoms in total. The maximum absolute atomic E-state index is 12.5. The van der Waals surface area contributed by atoms with Crippen LogP contribution in [0.4, 0.5) is 0 Å². The quantitative estimate of drug-likeness (QED) is 0.410. The normalized spacial score (nSPS) is 12.2. The molecule has 8 heteroatoms. The van der Waals surface area contributed by atoms with E-state index in [9.17, 15) is 13.0 Å². The molecule has 1 rings (SSSR count). The average Bonchev–Trinajstić information content (AvgIpc) is 2.39. The fourth-order valence-electron chi connectivity index (χ4n) is 1.48. The second-order valence-corrected chi connectivity index (χ2v) is 8.24. The monoisotopic (exact) mass is 312 g/mol. The van der Waals surface area contributed by atoms with Gasteiger partial charge in [-0.1, -0.05) is 23.2 Å². The van der Waals surface area contributed by atoms with E-state index in [-0.39, 0.29) is 42.0 Å². The summed E-state index contributed by atoms with van der Waals surface area (Å²) in [5, 5.41) is 0. The van der Waals surface area contributed by atoms with E-state index >= 15 is 0 Å². The summed E-state index contributed by atoms with van der Waals surface area (Å²) in [5.41, 5.74) is 0. The number of hydrogen-bond donors (Lipinski definition) is 0. The first-order valence-electron chi connectivity index (χ1n) is 5.92. The summed E-state index contributed by atoms with van der Waals surface area (Å²) in [5.74, 6) is 0. The van der Waals surface area contributed by atoms with Gasteiger partial charge in [0.1, 0.15) is 0 Å². The summed E-state index contributed by atoms with van der Waals surface area (Å²) in [6.45, 7) is 4.76. The molecule has 0 spiro atoms. The van der Waals surface area contributed by atoms with Crippen LogP contribution in [-0.2, 0) is 23.4 Å². The van der Waals surface area contributed by atoms with Crippen LogP contribution in [0.5, 0.6) is 0 Å². The zero-order valence-electron chi connectivity index (χ0n) is 12.2. The standard InChI is InChI=1S/C12H18O5PS.Li/c1-4-16-18(13,17-5-2)11(3)19(14,15)12-9-7-6-8-10-12;/h6-10H,4-5H2,1-3H3;/q-1;+1. The Morgan fingerprint density at radius 3 is 1.95 bits per heavy atom. The van der Waals surface area contributed by atoms with Crippen LogP contribution in [0, 0.1) is 4.99 Å². The van der Waals surface area contributed by atoms with Crippen molar-refractivity contribution < 1.29 is 40.9 Å². The van der Waals surface area contributed by atoms with Gasteiger partial charge in [0.25, 0.3) is 0 Å². The molecule has 0 aliphatic heterocycles. The van der Waals surface area contributed by atoms with E-state index in [1.807, 2.05) is 0 Å². The number of benzene rings is 1. The van der Waals surface area contributed by atoms with Crippen molar-refractivity contribution >= 4 is 17.4 Å². The molecule has 0 aliphatic carbocycles. The molecule has 0 bridgehead atoms. The molecule has 0 saturated carbocycles. The number of rotatable bonds is 7. The summed E-state index contributed by atoms with van der Waals surface area (Å²) in [7, 11) is -7.61. The third-order valence-corrected chi connectivity index (χ3v) is 7.46. The van der Waals surface area contributed by atoms with Gasteiger partial charge in [-0.3, -0.25) is 13.0 Å². The molecule has 108 valence electrons. The van der Waals surface area contributed by atoms with E-state index in [2.05, 4.69) is 0 Å². The van der Waals surface area contributed by atoms with Gasteiger partial charge < -0.3 is 9.05 Å².